The van der Waals surface area contributed by atoms with Gasteiger partial charge in [-0.3, -0.25) is 4.79 Å². The summed E-state index contributed by atoms with van der Waals surface area (Å²) in [6.07, 6.45) is 0.859. The number of hydrogen-bond acceptors (Lipinski definition) is 3. The van der Waals surface area contributed by atoms with Crippen molar-refractivity contribution >= 4 is 46.1 Å². The monoisotopic (exact) mass is 390 g/mol. The summed E-state index contributed by atoms with van der Waals surface area (Å²) in [6, 6.07) is 5.43. The Morgan fingerprint density at radius 3 is 2.75 bits per heavy atom. The average molecular weight is 391 g/mol. The van der Waals surface area contributed by atoms with Crippen molar-refractivity contribution in [2.45, 2.75) is 6.42 Å². The van der Waals surface area contributed by atoms with Crippen molar-refractivity contribution in [3.63, 3.8) is 0 Å². The number of anilines is 1. The zero-order valence-electron chi connectivity index (χ0n) is 12.5. The number of amides is 1. The molecular weight excluding hydrogens is 377 g/mol. The maximum Gasteiger partial charge on any atom is 0.253 e. The Morgan fingerprint density at radius 1 is 1.29 bits per heavy atom. The Labute approximate surface area is 152 Å². The van der Waals surface area contributed by atoms with E-state index in [0.717, 1.165) is 30.4 Å². The Hall–Kier alpha value is -1.37. The van der Waals surface area contributed by atoms with E-state index in [0.29, 0.717) is 33.0 Å². The Morgan fingerprint density at radius 2 is 2.08 bits per heavy atom. The van der Waals surface area contributed by atoms with Gasteiger partial charge in [-0.25, -0.2) is 8.78 Å². The molecule has 8 heteroatoms. The average Bonchev–Trinajstić information content (AvgIpc) is 3.14. The van der Waals surface area contributed by atoms with Crippen molar-refractivity contribution in [2.75, 3.05) is 24.5 Å². The van der Waals surface area contributed by atoms with E-state index in [1.165, 1.54) is 6.07 Å². The first-order valence-electron chi connectivity index (χ1n) is 7.37. The van der Waals surface area contributed by atoms with Crippen LogP contribution in [0.1, 0.15) is 16.8 Å². The van der Waals surface area contributed by atoms with Crippen molar-refractivity contribution in [3.05, 3.63) is 50.1 Å². The number of rotatable bonds is 4. The van der Waals surface area contributed by atoms with Gasteiger partial charge in [-0.2, -0.15) is 0 Å². The molecule has 1 atom stereocenters. The van der Waals surface area contributed by atoms with E-state index in [9.17, 15) is 13.6 Å². The highest BCUT2D eigenvalue weighted by molar-refractivity contribution is 7.20. The maximum absolute atomic E-state index is 13.3. The predicted molar refractivity (Wildman–Crippen MR) is 93.4 cm³/mol. The molecular formula is C16H14Cl2F2N2OS. The highest BCUT2D eigenvalue weighted by atomic mass is 35.5. The lowest BCUT2D eigenvalue weighted by molar-refractivity contribution is 0.0949. The first kappa shape index (κ1) is 17.5. The van der Waals surface area contributed by atoms with Gasteiger partial charge in [0.2, 0.25) is 0 Å². The quantitative estimate of drug-likeness (QED) is 0.827. The number of carbonyl (C=O) groups is 1. The standard InChI is InChI=1S/C16H14Cl2F2N2OS/c17-14-6-11(15(18)24-14)16(23)21-7-9-3-4-22(8-9)10-1-2-12(19)13(20)5-10/h1-2,5-6,9H,3-4,7-8H2,(H,21,23). The molecule has 1 fully saturated rings. The van der Waals surface area contributed by atoms with Crippen LogP contribution in [-0.4, -0.2) is 25.5 Å². The maximum atomic E-state index is 13.3. The second-order valence-corrected chi connectivity index (χ2v) is 7.93. The molecule has 2 aromatic rings. The molecule has 1 aromatic carbocycles. The fraction of sp³-hybridized carbons (Fsp3) is 0.312. The number of nitrogens with one attached hydrogen (secondary N) is 1. The lowest BCUT2D eigenvalue weighted by Gasteiger charge is -2.19. The number of thiophene rings is 1. The van der Waals surface area contributed by atoms with Crippen molar-refractivity contribution in [1.29, 1.82) is 0 Å². The van der Waals surface area contributed by atoms with Crippen LogP contribution < -0.4 is 10.2 Å². The number of nitrogens with zero attached hydrogens (tertiary/aromatic N) is 1. The van der Waals surface area contributed by atoms with Crippen molar-refractivity contribution in [1.82, 2.24) is 5.32 Å². The molecule has 1 unspecified atom stereocenters. The minimum absolute atomic E-state index is 0.231. The smallest absolute Gasteiger partial charge is 0.253 e. The summed E-state index contributed by atoms with van der Waals surface area (Å²) in [4.78, 5) is 14.1. The van der Waals surface area contributed by atoms with E-state index in [-0.39, 0.29) is 11.8 Å². The van der Waals surface area contributed by atoms with E-state index in [1.807, 2.05) is 4.90 Å². The molecule has 3 rings (SSSR count). The van der Waals surface area contributed by atoms with Gasteiger partial charge in [-0.15, -0.1) is 11.3 Å². The number of halogens is 4. The molecule has 128 valence electrons. The SMILES string of the molecule is O=C(NCC1CCN(c2ccc(F)c(F)c2)C1)c1cc(Cl)sc1Cl. The van der Waals surface area contributed by atoms with Crippen LogP contribution in [0.2, 0.25) is 8.67 Å². The third-order valence-electron chi connectivity index (χ3n) is 4.01. The third-order valence-corrected chi connectivity index (χ3v) is 5.49. The van der Waals surface area contributed by atoms with Gasteiger partial charge in [0.1, 0.15) is 4.34 Å². The molecule has 1 aliphatic rings. The number of benzene rings is 1. The molecule has 3 nitrogen and oxygen atoms in total. The van der Waals surface area contributed by atoms with Crippen LogP contribution in [-0.2, 0) is 0 Å². The summed E-state index contributed by atoms with van der Waals surface area (Å²) in [6.45, 7) is 1.89. The molecule has 2 heterocycles. The molecule has 0 saturated carbocycles. The number of carbonyl (C=O) groups excluding carboxylic acids is 1. The van der Waals surface area contributed by atoms with E-state index in [2.05, 4.69) is 5.32 Å². The fourth-order valence-corrected chi connectivity index (χ4v) is 4.20. The summed E-state index contributed by atoms with van der Waals surface area (Å²) in [7, 11) is 0. The van der Waals surface area contributed by atoms with Gasteiger partial charge in [0.05, 0.1) is 9.90 Å². The summed E-state index contributed by atoms with van der Waals surface area (Å²) in [5.41, 5.74) is 1.03. The first-order chi connectivity index (χ1) is 11.4. The van der Waals surface area contributed by atoms with Crippen LogP contribution in [0.4, 0.5) is 14.5 Å². The molecule has 0 aliphatic carbocycles. The second kappa shape index (κ2) is 7.25. The first-order valence-corrected chi connectivity index (χ1v) is 8.94. The van der Waals surface area contributed by atoms with Crippen LogP contribution in [0.3, 0.4) is 0 Å². The molecule has 1 amide bonds. The van der Waals surface area contributed by atoms with Crippen LogP contribution in [0.25, 0.3) is 0 Å². The van der Waals surface area contributed by atoms with Gasteiger partial charge in [0.25, 0.3) is 5.91 Å². The van der Waals surface area contributed by atoms with Gasteiger partial charge in [-0.05, 0) is 30.5 Å². The molecule has 1 aliphatic heterocycles. The predicted octanol–water partition coefficient (Wildman–Crippen LogP) is 4.59. The lowest BCUT2D eigenvalue weighted by Crippen LogP contribution is -2.31. The van der Waals surface area contributed by atoms with Crippen molar-refractivity contribution in [3.8, 4) is 0 Å². The zero-order chi connectivity index (χ0) is 17.3. The Kier molecular flexibility index (Phi) is 5.27. The molecule has 0 spiro atoms. The van der Waals surface area contributed by atoms with Gasteiger partial charge >= 0.3 is 0 Å². The van der Waals surface area contributed by atoms with E-state index < -0.39 is 11.6 Å². The molecule has 0 radical (unpaired) electrons. The summed E-state index contributed by atoms with van der Waals surface area (Å²) in [5, 5.41) is 2.85. The molecule has 1 saturated heterocycles. The van der Waals surface area contributed by atoms with Gasteiger partial charge in [-0.1, -0.05) is 23.2 Å². The molecule has 1 aromatic heterocycles. The third kappa shape index (κ3) is 3.82. The molecule has 0 bridgehead atoms. The van der Waals surface area contributed by atoms with Crippen LogP contribution in [0, 0.1) is 17.6 Å². The highest BCUT2D eigenvalue weighted by Crippen LogP contribution is 2.31. The summed E-state index contributed by atoms with van der Waals surface area (Å²) >= 11 is 13.0. The molecule has 24 heavy (non-hydrogen) atoms. The van der Waals surface area contributed by atoms with Gasteiger partial charge < -0.3 is 10.2 Å². The molecule has 1 N–H and O–H groups in total. The highest BCUT2D eigenvalue weighted by Gasteiger charge is 2.24. The normalized spacial score (nSPS) is 17.3. The zero-order valence-corrected chi connectivity index (χ0v) is 14.8. The second-order valence-electron chi connectivity index (χ2n) is 5.65. The topological polar surface area (TPSA) is 32.3 Å². The van der Waals surface area contributed by atoms with Crippen LogP contribution >= 0.6 is 34.5 Å². The van der Waals surface area contributed by atoms with Crippen molar-refractivity contribution < 1.29 is 13.6 Å². The summed E-state index contributed by atoms with van der Waals surface area (Å²) < 4.78 is 27.2. The largest absolute Gasteiger partial charge is 0.371 e. The van der Waals surface area contributed by atoms with Gasteiger partial charge in [0.15, 0.2) is 11.6 Å². The fourth-order valence-electron chi connectivity index (χ4n) is 2.74. The van der Waals surface area contributed by atoms with Crippen molar-refractivity contribution in [2.24, 2.45) is 5.92 Å². The minimum atomic E-state index is -0.854. The van der Waals surface area contributed by atoms with E-state index in [1.54, 1.807) is 12.1 Å². The van der Waals surface area contributed by atoms with Gasteiger partial charge in [0, 0.05) is 31.4 Å². The lowest BCUT2D eigenvalue weighted by atomic mass is 10.1. The van der Waals surface area contributed by atoms with Crippen LogP contribution in [0.15, 0.2) is 24.3 Å². The minimum Gasteiger partial charge on any atom is -0.371 e. The van der Waals surface area contributed by atoms with Crippen LogP contribution in [0.5, 0.6) is 0 Å². The Bertz CT molecular complexity index is 769. The van der Waals surface area contributed by atoms with E-state index >= 15 is 0 Å². The Balaban J connectivity index is 1.55. The summed E-state index contributed by atoms with van der Waals surface area (Å²) in [5.74, 6) is -1.73. The van der Waals surface area contributed by atoms with E-state index in [4.69, 9.17) is 23.2 Å². The number of hydrogen-bond donors (Lipinski definition) is 1.